The van der Waals surface area contributed by atoms with Crippen molar-refractivity contribution in [3.8, 4) is 11.4 Å². The molecule has 1 aromatic heterocycles. The van der Waals surface area contributed by atoms with Crippen molar-refractivity contribution in [1.82, 2.24) is 20.5 Å². The Kier molecular flexibility index (Phi) is 5.56. The Morgan fingerprint density at radius 1 is 1.29 bits per heavy atom. The van der Waals surface area contributed by atoms with Crippen molar-refractivity contribution >= 4 is 17.7 Å². The average molecular weight is 344 g/mol. The molecular formula is C18H24N4OS. The van der Waals surface area contributed by atoms with Crippen LogP contribution in [0, 0.1) is 12.8 Å². The highest BCUT2D eigenvalue weighted by molar-refractivity contribution is 7.99. The van der Waals surface area contributed by atoms with Gasteiger partial charge in [-0.05, 0) is 25.7 Å². The molecule has 0 bridgehead atoms. The van der Waals surface area contributed by atoms with Gasteiger partial charge in [0, 0.05) is 11.6 Å². The number of thioether (sulfide) groups is 1. The highest BCUT2D eigenvalue weighted by Gasteiger charge is 2.22. The SMILES string of the molecule is Cc1ccc(-c2nc(SCC(=O)NC3CCCCC3C)n[nH]2)cc1. The van der Waals surface area contributed by atoms with E-state index in [1.165, 1.54) is 36.6 Å². The number of nitrogens with zero attached hydrogens (tertiary/aromatic N) is 2. The summed E-state index contributed by atoms with van der Waals surface area (Å²) in [5, 5.41) is 10.9. The molecule has 0 spiro atoms. The number of hydrogen-bond donors (Lipinski definition) is 2. The van der Waals surface area contributed by atoms with Gasteiger partial charge in [-0.3, -0.25) is 9.89 Å². The van der Waals surface area contributed by atoms with E-state index >= 15 is 0 Å². The molecule has 1 aliphatic rings. The van der Waals surface area contributed by atoms with Crippen LogP contribution in [-0.2, 0) is 4.79 Å². The average Bonchev–Trinajstić information content (AvgIpc) is 3.05. The van der Waals surface area contributed by atoms with Crippen molar-refractivity contribution in [2.75, 3.05) is 5.75 Å². The van der Waals surface area contributed by atoms with Gasteiger partial charge in [-0.2, -0.15) is 0 Å². The van der Waals surface area contributed by atoms with Crippen LogP contribution in [0.4, 0.5) is 0 Å². The first kappa shape index (κ1) is 17.0. The standard InChI is InChI=1S/C18H24N4OS/c1-12-7-9-14(10-8-12)17-20-18(22-21-17)24-11-16(23)19-15-6-4-3-5-13(15)2/h7-10,13,15H,3-6,11H2,1-2H3,(H,19,23)(H,20,21,22). The van der Waals surface area contributed by atoms with Crippen LogP contribution in [0.3, 0.4) is 0 Å². The van der Waals surface area contributed by atoms with Crippen LogP contribution in [0.1, 0.15) is 38.2 Å². The third-order valence-corrected chi connectivity index (χ3v) is 5.43. The molecule has 6 heteroatoms. The molecule has 1 aliphatic carbocycles. The number of H-pyrrole nitrogens is 1. The molecular weight excluding hydrogens is 320 g/mol. The molecule has 2 N–H and O–H groups in total. The molecule has 1 heterocycles. The molecule has 0 saturated heterocycles. The Morgan fingerprint density at radius 2 is 2.04 bits per heavy atom. The van der Waals surface area contributed by atoms with Gasteiger partial charge in [-0.1, -0.05) is 61.4 Å². The lowest BCUT2D eigenvalue weighted by Gasteiger charge is -2.29. The first-order valence-corrected chi connectivity index (χ1v) is 9.52. The van der Waals surface area contributed by atoms with E-state index in [9.17, 15) is 4.79 Å². The Bertz CT molecular complexity index is 683. The highest BCUT2D eigenvalue weighted by atomic mass is 32.2. The molecule has 0 aliphatic heterocycles. The largest absolute Gasteiger partial charge is 0.352 e. The molecule has 2 aromatic rings. The summed E-state index contributed by atoms with van der Waals surface area (Å²) in [7, 11) is 0. The lowest BCUT2D eigenvalue weighted by Crippen LogP contribution is -2.41. The topological polar surface area (TPSA) is 70.7 Å². The Labute approximate surface area is 147 Å². The molecule has 1 aromatic carbocycles. The van der Waals surface area contributed by atoms with Gasteiger partial charge in [0.1, 0.15) is 0 Å². The molecule has 2 unspecified atom stereocenters. The fourth-order valence-electron chi connectivity index (χ4n) is 3.06. The van der Waals surface area contributed by atoms with Crippen LogP contribution in [0.15, 0.2) is 29.4 Å². The van der Waals surface area contributed by atoms with E-state index in [0.29, 0.717) is 22.9 Å². The van der Waals surface area contributed by atoms with Crippen molar-refractivity contribution in [2.45, 2.75) is 50.7 Å². The van der Waals surface area contributed by atoms with Crippen molar-refractivity contribution in [3.63, 3.8) is 0 Å². The van der Waals surface area contributed by atoms with Crippen LogP contribution in [0.2, 0.25) is 0 Å². The van der Waals surface area contributed by atoms with E-state index in [4.69, 9.17) is 0 Å². The molecule has 24 heavy (non-hydrogen) atoms. The first-order valence-electron chi connectivity index (χ1n) is 8.53. The summed E-state index contributed by atoms with van der Waals surface area (Å²) < 4.78 is 0. The number of carbonyl (C=O) groups is 1. The molecule has 5 nitrogen and oxygen atoms in total. The number of aryl methyl sites for hydroxylation is 1. The van der Waals surface area contributed by atoms with E-state index in [1.54, 1.807) is 0 Å². The second-order valence-corrected chi connectivity index (χ2v) is 7.50. The second kappa shape index (κ2) is 7.83. The Hall–Kier alpha value is -1.82. The quantitative estimate of drug-likeness (QED) is 0.814. The fourth-order valence-corrected chi connectivity index (χ4v) is 3.67. The normalized spacial score (nSPS) is 20.8. The van der Waals surface area contributed by atoms with Crippen LogP contribution >= 0.6 is 11.8 Å². The number of aromatic nitrogens is 3. The lowest BCUT2D eigenvalue weighted by atomic mass is 9.86. The summed E-state index contributed by atoms with van der Waals surface area (Å²) in [4.78, 5) is 16.6. The summed E-state index contributed by atoms with van der Waals surface area (Å²) in [5.41, 5.74) is 2.21. The maximum absolute atomic E-state index is 12.1. The fraction of sp³-hybridized carbons (Fsp3) is 0.500. The van der Waals surface area contributed by atoms with E-state index in [-0.39, 0.29) is 5.91 Å². The van der Waals surface area contributed by atoms with E-state index in [1.807, 2.05) is 24.3 Å². The lowest BCUT2D eigenvalue weighted by molar-refractivity contribution is -0.119. The zero-order valence-electron chi connectivity index (χ0n) is 14.2. The van der Waals surface area contributed by atoms with Crippen LogP contribution in [-0.4, -0.2) is 32.9 Å². The predicted octanol–water partition coefficient (Wildman–Crippen LogP) is 3.57. The van der Waals surface area contributed by atoms with Crippen molar-refractivity contribution in [3.05, 3.63) is 29.8 Å². The maximum atomic E-state index is 12.1. The van der Waals surface area contributed by atoms with E-state index in [2.05, 4.69) is 34.3 Å². The molecule has 1 amide bonds. The number of hydrogen-bond acceptors (Lipinski definition) is 4. The van der Waals surface area contributed by atoms with Crippen LogP contribution in [0.25, 0.3) is 11.4 Å². The zero-order chi connectivity index (χ0) is 16.9. The highest BCUT2D eigenvalue weighted by Crippen LogP contribution is 2.24. The monoisotopic (exact) mass is 344 g/mol. The summed E-state index contributed by atoms with van der Waals surface area (Å²) in [6.07, 6.45) is 4.79. The third-order valence-electron chi connectivity index (χ3n) is 4.58. The smallest absolute Gasteiger partial charge is 0.230 e. The summed E-state index contributed by atoms with van der Waals surface area (Å²) >= 11 is 1.37. The Morgan fingerprint density at radius 3 is 2.79 bits per heavy atom. The summed E-state index contributed by atoms with van der Waals surface area (Å²) in [6, 6.07) is 8.44. The van der Waals surface area contributed by atoms with Gasteiger partial charge in [-0.25, -0.2) is 4.98 Å². The Balaban J connectivity index is 1.51. The number of nitrogens with one attached hydrogen (secondary N) is 2. The minimum Gasteiger partial charge on any atom is -0.352 e. The van der Waals surface area contributed by atoms with Gasteiger partial charge in [0.25, 0.3) is 0 Å². The molecule has 3 rings (SSSR count). The van der Waals surface area contributed by atoms with Crippen LogP contribution in [0.5, 0.6) is 0 Å². The number of amides is 1. The van der Waals surface area contributed by atoms with Crippen molar-refractivity contribution in [2.24, 2.45) is 5.92 Å². The number of carbonyl (C=O) groups excluding carboxylic acids is 1. The van der Waals surface area contributed by atoms with Crippen LogP contribution < -0.4 is 5.32 Å². The molecule has 2 atom stereocenters. The third kappa shape index (κ3) is 4.38. The predicted molar refractivity (Wildman–Crippen MR) is 96.8 cm³/mol. The number of rotatable bonds is 5. The zero-order valence-corrected chi connectivity index (χ0v) is 15.0. The van der Waals surface area contributed by atoms with Crippen molar-refractivity contribution < 1.29 is 4.79 Å². The molecule has 128 valence electrons. The number of aromatic amines is 1. The minimum absolute atomic E-state index is 0.0698. The van der Waals surface area contributed by atoms with Gasteiger partial charge in [0.05, 0.1) is 5.75 Å². The summed E-state index contributed by atoms with van der Waals surface area (Å²) in [5.74, 6) is 1.73. The molecule has 1 saturated carbocycles. The van der Waals surface area contributed by atoms with E-state index < -0.39 is 0 Å². The van der Waals surface area contributed by atoms with E-state index in [0.717, 1.165) is 17.8 Å². The second-order valence-electron chi connectivity index (χ2n) is 6.56. The van der Waals surface area contributed by atoms with Gasteiger partial charge in [-0.15, -0.1) is 5.10 Å². The van der Waals surface area contributed by atoms with Gasteiger partial charge in [0.2, 0.25) is 11.1 Å². The molecule has 0 radical (unpaired) electrons. The van der Waals surface area contributed by atoms with Crippen molar-refractivity contribution in [1.29, 1.82) is 0 Å². The van der Waals surface area contributed by atoms with Gasteiger partial charge in [0.15, 0.2) is 5.82 Å². The number of benzene rings is 1. The molecule has 1 fully saturated rings. The minimum atomic E-state index is 0.0698. The first-order chi connectivity index (χ1) is 11.6. The van der Waals surface area contributed by atoms with Gasteiger partial charge < -0.3 is 5.32 Å². The maximum Gasteiger partial charge on any atom is 0.230 e. The van der Waals surface area contributed by atoms with Gasteiger partial charge >= 0.3 is 0 Å². The summed E-state index contributed by atoms with van der Waals surface area (Å²) in [6.45, 7) is 4.28.